The fraction of sp³-hybridized carbons (Fsp3) is 0. The maximum Gasteiger partial charge on any atom is 0.164 e. The van der Waals surface area contributed by atoms with E-state index < -0.39 is 0 Å². The number of rotatable bonds is 5. The fourth-order valence-corrected chi connectivity index (χ4v) is 8.55. The molecule has 3 aromatic heterocycles. The Bertz CT molecular complexity index is 3550. The average molecular weight is 741 g/mol. The Labute approximate surface area is 333 Å². The molecule has 58 heavy (non-hydrogen) atoms. The van der Waals surface area contributed by atoms with Gasteiger partial charge in [-0.15, -0.1) is 0 Å². The predicted molar refractivity (Wildman–Crippen MR) is 238 cm³/mol. The summed E-state index contributed by atoms with van der Waals surface area (Å²) in [5.74, 6) is 1.80. The Morgan fingerprint density at radius 3 is 1.52 bits per heavy atom. The summed E-state index contributed by atoms with van der Waals surface area (Å²) in [6, 6.07) is 68.0. The molecular weight excluding hydrogens is 709 g/mol. The van der Waals surface area contributed by atoms with Crippen molar-refractivity contribution < 1.29 is 4.42 Å². The summed E-state index contributed by atoms with van der Waals surface area (Å²) in [5.41, 5.74) is 9.75. The van der Waals surface area contributed by atoms with E-state index in [0.29, 0.717) is 17.5 Å². The lowest BCUT2D eigenvalue weighted by molar-refractivity contribution is 0.667. The maximum absolute atomic E-state index is 6.95. The minimum atomic E-state index is 0.584. The van der Waals surface area contributed by atoms with Gasteiger partial charge in [0.2, 0.25) is 0 Å². The van der Waals surface area contributed by atoms with E-state index >= 15 is 0 Å². The topological polar surface area (TPSA) is 56.7 Å². The Morgan fingerprint density at radius 1 is 0.328 bits per heavy atom. The second-order valence-corrected chi connectivity index (χ2v) is 14.9. The van der Waals surface area contributed by atoms with Crippen LogP contribution < -0.4 is 0 Å². The number of nitrogens with zero attached hydrogens (tertiary/aromatic N) is 4. The molecule has 0 aliphatic rings. The highest BCUT2D eigenvalue weighted by Crippen LogP contribution is 2.42. The molecule has 0 radical (unpaired) electrons. The average Bonchev–Trinajstić information content (AvgIpc) is 3.82. The SMILES string of the molecule is c1ccc(-c2ccc(-c3nc(-c4ccccc4)nc(-c4cc(-n5c6ccccc6c6cc7ccccc7cc65)c5oc6cc7ccccc7cc6c5c4)n3)cc2)cc1. The zero-order chi connectivity index (χ0) is 38.2. The molecule has 0 amide bonds. The number of fused-ring (bicyclic) bond motifs is 8. The van der Waals surface area contributed by atoms with E-state index in [4.69, 9.17) is 19.4 Å². The van der Waals surface area contributed by atoms with E-state index in [1.807, 2.05) is 36.4 Å². The van der Waals surface area contributed by atoms with Gasteiger partial charge >= 0.3 is 0 Å². The first kappa shape index (κ1) is 32.4. The number of hydrogen-bond acceptors (Lipinski definition) is 4. The molecule has 0 N–H and O–H groups in total. The molecule has 12 aromatic rings. The standard InChI is InChI=1S/C53H32N4O/c1-3-13-33(14-4-1)34-23-25-36(26-24-34)52-54-51(35-15-5-2-6-16-35)55-53(56-52)41-29-45-44-28-38-18-8-10-20-40(38)32-49(44)58-50(45)48(31-41)57-46-22-12-11-21-42(46)43-27-37-17-7-9-19-39(37)30-47(43)57/h1-32H. The van der Waals surface area contributed by atoms with Crippen LogP contribution in [0.2, 0.25) is 0 Å². The van der Waals surface area contributed by atoms with Crippen molar-refractivity contribution in [2.24, 2.45) is 0 Å². The zero-order valence-electron chi connectivity index (χ0n) is 31.2. The molecule has 0 saturated carbocycles. The van der Waals surface area contributed by atoms with Gasteiger partial charge in [-0.2, -0.15) is 0 Å². The molecule has 270 valence electrons. The fourth-order valence-electron chi connectivity index (χ4n) is 8.55. The summed E-state index contributed by atoms with van der Waals surface area (Å²) < 4.78 is 9.31. The van der Waals surface area contributed by atoms with Crippen molar-refractivity contribution in [1.82, 2.24) is 19.5 Å². The molecule has 0 aliphatic carbocycles. The third-order valence-electron chi connectivity index (χ3n) is 11.4. The van der Waals surface area contributed by atoms with Crippen LogP contribution in [-0.2, 0) is 0 Å². The molecule has 9 aromatic carbocycles. The second kappa shape index (κ2) is 12.8. The first-order chi connectivity index (χ1) is 28.7. The van der Waals surface area contributed by atoms with Gasteiger partial charge in [0.1, 0.15) is 5.58 Å². The lowest BCUT2D eigenvalue weighted by Gasteiger charge is -2.13. The van der Waals surface area contributed by atoms with Crippen molar-refractivity contribution in [1.29, 1.82) is 0 Å². The van der Waals surface area contributed by atoms with E-state index in [1.54, 1.807) is 0 Å². The Morgan fingerprint density at radius 2 is 0.828 bits per heavy atom. The molecular formula is C53H32N4O. The second-order valence-electron chi connectivity index (χ2n) is 14.9. The van der Waals surface area contributed by atoms with Crippen molar-refractivity contribution in [3.8, 4) is 51.0 Å². The van der Waals surface area contributed by atoms with Crippen LogP contribution >= 0.6 is 0 Å². The van der Waals surface area contributed by atoms with Crippen LogP contribution in [0.25, 0.3) is 116 Å². The molecule has 12 rings (SSSR count). The van der Waals surface area contributed by atoms with Crippen LogP contribution in [0.1, 0.15) is 0 Å². The Balaban J connectivity index is 1.15. The van der Waals surface area contributed by atoms with Gasteiger partial charge < -0.3 is 8.98 Å². The van der Waals surface area contributed by atoms with Crippen LogP contribution in [0.4, 0.5) is 0 Å². The van der Waals surface area contributed by atoms with Gasteiger partial charge in [-0.25, -0.2) is 15.0 Å². The highest BCUT2D eigenvalue weighted by Gasteiger charge is 2.22. The summed E-state index contributed by atoms with van der Waals surface area (Å²) in [7, 11) is 0. The van der Waals surface area contributed by atoms with Gasteiger partial charge in [-0.3, -0.25) is 0 Å². The van der Waals surface area contributed by atoms with Gasteiger partial charge in [0.25, 0.3) is 0 Å². The van der Waals surface area contributed by atoms with Crippen molar-refractivity contribution in [3.63, 3.8) is 0 Å². The number of furan rings is 1. The highest BCUT2D eigenvalue weighted by atomic mass is 16.3. The van der Waals surface area contributed by atoms with Crippen molar-refractivity contribution in [2.45, 2.75) is 0 Å². The van der Waals surface area contributed by atoms with E-state index in [9.17, 15) is 0 Å². The highest BCUT2D eigenvalue weighted by molar-refractivity contribution is 6.17. The van der Waals surface area contributed by atoms with Crippen molar-refractivity contribution >= 4 is 65.3 Å². The number of aromatic nitrogens is 4. The third kappa shape index (κ3) is 5.21. The van der Waals surface area contributed by atoms with E-state index in [2.05, 4.69) is 162 Å². The summed E-state index contributed by atoms with van der Waals surface area (Å²) in [6.07, 6.45) is 0. The van der Waals surface area contributed by atoms with Gasteiger partial charge in [0.15, 0.2) is 23.1 Å². The summed E-state index contributed by atoms with van der Waals surface area (Å²) >= 11 is 0. The first-order valence-electron chi connectivity index (χ1n) is 19.5. The quantitative estimate of drug-likeness (QED) is 0.176. The molecule has 5 nitrogen and oxygen atoms in total. The third-order valence-corrected chi connectivity index (χ3v) is 11.4. The molecule has 0 fully saturated rings. The molecule has 0 aliphatic heterocycles. The maximum atomic E-state index is 6.95. The van der Waals surface area contributed by atoms with E-state index in [0.717, 1.165) is 77.2 Å². The largest absolute Gasteiger partial charge is 0.454 e. The summed E-state index contributed by atoms with van der Waals surface area (Å²) in [6.45, 7) is 0. The number of benzene rings is 9. The Hall–Kier alpha value is -7.89. The molecule has 0 saturated heterocycles. The minimum Gasteiger partial charge on any atom is -0.454 e. The molecule has 3 heterocycles. The zero-order valence-corrected chi connectivity index (χ0v) is 31.2. The van der Waals surface area contributed by atoms with Crippen LogP contribution in [0, 0.1) is 0 Å². The number of para-hydroxylation sites is 1. The molecule has 0 atom stereocenters. The van der Waals surface area contributed by atoms with Crippen LogP contribution in [0.5, 0.6) is 0 Å². The predicted octanol–water partition coefficient (Wildman–Crippen LogP) is 13.8. The molecule has 0 bridgehead atoms. The minimum absolute atomic E-state index is 0.584. The normalized spacial score (nSPS) is 11.8. The van der Waals surface area contributed by atoms with Gasteiger partial charge in [-0.05, 0) is 75.1 Å². The van der Waals surface area contributed by atoms with Crippen molar-refractivity contribution in [3.05, 3.63) is 194 Å². The summed E-state index contributed by atoms with van der Waals surface area (Å²) in [4.78, 5) is 15.5. The van der Waals surface area contributed by atoms with E-state index in [1.165, 1.54) is 21.5 Å². The smallest absolute Gasteiger partial charge is 0.164 e. The first-order valence-corrected chi connectivity index (χ1v) is 19.5. The van der Waals surface area contributed by atoms with Crippen LogP contribution in [0.3, 0.4) is 0 Å². The molecule has 5 heteroatoms. The molecule has 0 spiro atoms. The molecule has 0 unspecified atom stereocenters. The summed E-state index contributed by atoms with van der Waals surface area (Å²) in [5, 5.41) is 9.06. The monoisotopic (exact) mass is 740 g/mol. The van der Waals surface area contributed by atoms with Crippen molar-refractivity contribution in [2.75, 3.05) is 0 Å². The van der Waals surface area contributed by atoms with Gasteiger partial charge in [-0.1, -0.05) is 152 Å². The lowest BCUT2D eigenvalue weighted by atomic mass is 10.0. The van der Waals surface area contributed by atoms with Crippen LogP contribution in [0.15, 0.2) is 199 Å². The van der Waals surface area contributed by atoms with E-state index in [-0.39, 0.29) is 0 Å². The lowest BCUT2D eigenvalue weighted by Crippen LogP contribution is -2.01. The Kier molecular flexibility index (Phi) is 7.16. The van der Waals surface area contributed by atoms with Gasteiger partial charge in [0.05, 0.1) is 16.7 Å². The number of hydrogen-bond donors (Lipinski definition) is 0. The van der Waals surface area contributed by atoms with Gasteiger partial charge in [0, 0.05) is 38.2 Å². The van der Waals surface area contributed by atoms with Crippen LogP contribution in [-0.4, -0.2) is 19.5 Å².